The zero-order valence-corrected chi connectivity index (χ0v) is 13.3. The van der Waals surface area contributed by atoms with E-state index in [-0.39, 0.29) is 0 Å². The predicted molar refractivity (Wildman–Crippen MR) is 90.7 cm³/mol. The van der Waals surface area contributed by atoms with E-state index in [2.05, 4.69) is 29.2 Å². The lowest BCUT2D eigenvalue weighted by Crippen LogP contribution is -2.36. The first-order valence-corrected chi connectivity index (χ1v) is 9.09. The van der Waals surface area contributed by atoms with Crippen molar-refractivity contribution < 1.29 is 4.74 Å². The largest absolute Gasteiger partial charge is 0.378 e. The van der Waals surface area contributed by atoms with Gasteiger partial charge in [-0.05, 0) is 35.8 Å². The third kappa shape index (κ3) is 2.58. The zero-order chi connectivity index (χ0) is 14.1. The predicted octanol–water partition coefficient (Wildman–Crippen LogP) is 4.79. The maximum Gasteiger partial charge on any atom is 0.0958 e. The van der Waals surface area contributed by atoms with Crippen LogP contribution in [0.25, 0.3) is 10.1 Å². The minimum Gasteiger partial charge on any atom is -0.378 e. The van der Waals surface area contributed by atoms with Crippen LogP contribution >= 0.6 is 11.3 Å². The van der Waals surface area contributed by atoms with Gasteiger partial charge in [0, 0.05) is 17.8 Å². The number of nitrogens with zero attached hydrogens (tertiary/aromatic N) is 1. The molecule has 0 amide bonds. The van der Waals surface area contributed by atoms with Crippen LogP contribution in [0.2, 0.25) is 0 Å². The Morgan fingerprint density at radius 3 is 2.57 bits per heavy atom. The smallest absolute Gasteiger partial charge is 0.0958 e. The molecule has 2 aliphatic rings. The summed E-state index contributed by atoms with van der Waals surface area (Å²) in [5.41, 5.74) is 1.65. The van der Waals surface area contributed by atoms with Crippen LogP contribution in [0.3, 0.4) is 0 Å². The second-order valence-electron chi connectivity index (χ2n) is 6.25. The maximum atomic E-state index is 5.54. The molecule has 2 nitrogen and oxygen atoms in total. The van der Waals surface area contributed by atoms with E-state index in [0.717, 1.165) is 32.2 Å². The summed E-state index contributed by atoms with van der Waals surface area (Å²) in [7, 11) is 0. The first-order chi connectivity index (χ1) is 10.4. The molecule has 0 bridgehead atoms. The molecule has 2 aromatic rings. The average Bonchev–Trinajstić information content (AvgIpc) is 2.96. The van der Waals surface area contributed by atoms with Crippen LogP contribution in [0.1, 0.15) is 43.6 Å². The van der Waals surface area contributed by atoms with E-state index in [1.165, 1.54) is 47.2 Å². The lowest BCUT2D eigenvalue weighted by atomic mass is 9.83. The van der Waals surface area contributed by atoms with Gasteiger partial charge in [-0.1, -0.05) is 37.5 Å². The summed E-state index contributed by atoms with van der Waals surface area (Å²) in [5.74, 6) is 0.771. The van der Waals surface area contributed by atoms with E-state index in [1.807, 2.05) is 11.3 Å². The summed E-state index contributed by atoms with van der Waals surface area (Å²) in [6, 6.07) is 8.99. The van der Waals surface area contributed by atoms with Gasteiger partial charge in [-0.25, -0.2) is 0 Å². The Morgan fingerprint density at radius 1 is 1.00 bits per heavy atom. The molecule has 21 heavy (non-hydrogen) atoms. The van der Waals surface area contributed by atoms with Crippen molar-refractivity contribution in [2.24, 2.45) is 0 Å². The van der Waals surface area contributed by atoms with Gasteiger partial charge in [0.2, 0.25) is 0 Å². The number of thiophene rings is 1. The molecule has 112 valence electrons. The van der Waals surface area contributed by atoms with Crippen LogP contribution in [-0.2, 0) is 4.74 Å². The van der Waals surface area contributed by atoms with Gasteiger partial charge in [0.1, 0.15) is 0 Å². The van der Waals surface area contributed by atoms with E-state index in [1.54, 1.807) is 5.56 Å². The van der Waals surface area contributed by atoms with E-state index in [0.29, 0.717) is 0 Å². The molecule has 1 aliphatic carbocycles. The summed E-state index contributed by atoms with van der Waals surface area (Å²) in [5, 5.41) is 3.04. The monoisotopic (exact) mass is 301 g/mol. The third-order valence-electron chi connectivity index (χ3n) is 4.93. The Morgan fingerprint density at radius 2 is 1.76 bits per heavy atom. The number of hydrogen-bond acceptors (Lipinski definition) is 3. The number of anilines is 1. The molecule has 1 aromatic carbocycles. The van der Waals surface area contributed by atoms with Crippen LogP contribution in [-0.4, -0.2) is 26.3 Å². The molecule has 0 atom stereocenters. The molecule has 4 rings (SSSR count). The van der Waals surface area contributed by atoms with E-state index >= 15 is 0 Å². The number of hydrogen-bond donors (Lipinski definition) is 0. The van der Waals surface area contributed by atoms with Gasteiger partial charge < -0.3 is 9.64 Å². The normalized spacial score (nSPS) is 21.0. The maximum absolute atomic E-state index is 5.54. The van der Waals surface area contributed by atoms with Crippen LogP contribution in [0.15, 0.2) is 24.3 Å². The molecule has 2 heterocycles. The summed E-state index contributed by atoms with van der Waals surface area (Å²) in [4.78, 5) is 2.57. The highest BCUT2D eigenvalue weighted by molar-refractivity contribution is 7.23. The number of benzene rings is 1. The summed E-state index contributed by atoms with van der Waals surface area (Å²) in [6.45, 7) is 3.84. The van der Waals surface area contributed by atoms with Crippen molar-refractivity contribution in [2.45, 2.75) is 38.0 Å². The Kier molecular flexibility index (Phi) is 3.87. The van der Waals surface area contributed by atoms with Gasteiger partial charge in [0.15, 0.2) is 0 Å². The summed E-state index contributed by atoms with van der Waals surface area (Å²) in [6.07, 6.45) is 6.97. The highest BCUT2D eigenvalue weighted by atomic mass is 32.1. The molecule has 1 saturated heterocycles. The third-order valence-corrected chi connectivity index (χ3v) is 6.17. The van der Waals surface area contributed by atoms with Crippen molar-refractivity contribution in [3.63, 3.8) is 0 Å². The van der Waals surface area contributed by atoms with E-state index in [4.69, 9.17) is 4.74 Å². The van der Waals surface area contributed by atoms with Crippen molar-refractivity contribution in [2.75, 3.05) is 31.2 Å². The highest BCUT2D eigenvalue weighted by Crippen LogP contribution is 2.46. The van der Waals surface area contributed by atoms with Gasteiger partial charge >= 0.3 is 0 Å². The molecule has 1 aliphatic heterocycles. The van der Waals surface area contributed by atoms with E-state index in [9.17, 15) is 0 Å². The van der Waals surface area contributed by atoms with Gasteiger partial charge in [0.05, 0.1) is 18.2 Å². The fraction of sp³-hybridized carbons (Fsp3) is 0.556. The van der Waals surface area contributed by atoms with Crippen molar-refractivity contribution in [1.29, 1.82) is 0 Å². The lowest BCUT2D eigenvalue weighted by Gasteiger charge is -2.31. The van der Waals surface area contributed by atoms with E-state index < -0.39 is 0 Å². The van der Waals surface area contributed by atoms with Crippen molar-refractivity contribution in [3.8, 4) is 0 Å². The minimum atomic E-state index is 0.771. The standard InChI is InChI=1S/C18H23NOS/c1-2-6-14(7-3-1)17-15-8-4-5-9-16(15)21-18(17)19-10-12-20-13-11-19/h4-5,8-9,14H,1-3,6-7,10-13H2. The Hall–Kier alpha value is -1.06. The second-order valence-corrected chi connectivity index (χ2v) is 7.28. The molecule has 3 heteroatoms. The molecule has 0 unspecified atom stereocenters. The first-order valence-electron chi connectivity index (χ1n) is 8.27. The van der Waals surface area contributed by atoms with Crippen LogP contribution in [0.4, 0.5) is 5.00 Å². The second kappa shape index (κ2) is 5.98. The molecule has 0 radical (unpaired) electrons. The number of fused-ring (bicyclic) bond motifs is 1. The Balaban J connectivity index is 1.79. The SMILES string of the molecule is c1ccc2c(C3CCCCC3)c(N3CCOCC3)sc2c1. The van der Waals surface area contributed by atoms with Crippen LogP contribution < -0.4 is 4.90 Å². The summed E-state index contributed by atoms with van der Waals surface area (Å²) < 4.78 is 7.00. The molecular weight excluding hydrogens is 278 g/mol. The fourth-order valence-electron chi connectivity index (χ4n) is 3.84. The quantitative estimate of drug-likeness (QED) is 0.791. The Bertz CT molecular complexity index is 609. The zero-order valence-electron chi connectivity index (χ0n) is 12.5. The number of rotatable bonds is 2. The Labute approximate surface area is 130 Å². The lowest BCUT2D eigenvalue weighted by molar-refractivity contribution is 0.123. The van der Waals surface area contributed by atoms with Gasteiger partial charge in [-0.2, -0.15) is 0 Å². The number of ether oxygens (including phenoxy) is 1. The molecule has 0 spiro atoms. The van der Waals surface area contributed by atoms with Crippen molar-refractivity contribution in [3.05, 3.63) is 29.8 Å². The fourth-order valence-corrected chi connectivity index (χ4v) is 5.18. The van der Waals surface area contributed by atoms with Gasteiger partial charge in [-0.3, -0.25) is 0 Å². The van der Waals surface area contributed by atoms with Crippen molar-refractivity contribution >= 4 is 26.4 Å². The first kappa shape index (κ1) is 13.6. The molecular formula is C18H23NOS. The molecule has 2 fully saturated rings. The van der Waals surface area contributed by atoms with Crippen LogP contribution in [0.5, 0.6) is 0 Å². The topological polar surface area (TPSA) is 12.5 Å². The van der Waals surface area contributed by atoms with Gasteiger partial charge in [0.25, 0.3) is 0 Å². The van der Waals surface area contributed by atoms with Gasteiger partial charge in [-0.15, -0.1) is 11.3 Å². The molecule has 1 saturated carbocycles. The van der Waals surface area contributed by atoms with Crippen LogP contribution in [0, 0.1) is 0 Å². The van der Waals surface area contributed by atoms with Crippen molar-refractivity contribution in [1.82, 2.24) is 0 Å². The number of morpholine rings is 1. The molecule has 1 aromatic heterocycles. The average molecular weight is 301 g/mol. The summed E-state index contributed by atoms with van der Waals surface area (Å²) >= 11 is 1.99. The highest BCUT2D eigenvalue weighted by Gasteiger charge is 2.26. The molecule has 0 N–H and O–H groups in total. The minimum absolute atomic E-state index is 0.771.